The van der Waals surface area contributed by atoms with Gasteiger partial charge in [-0.3, -0.25) is 14.5 Å². The number of allylic oxidation sites excluding steroid dienone is 4. The molecule has 1 aliphatic rings. The number of carbonyl (C=O) groups is 2. The average molecular weight is 463 g/mol. The van der Waals surface area contributed by atoms with E-state index in [9.17, 15) is 9.59 Å². The second-order valence-corrected chi connectivity index (χ2v) is 9.62. The van der Waals surface area contributed by atoms with Crippen molar-refractivity contribution in [3.63, 3.8) is 0 Å². The molecule has 1 fully saturated rings. The van der Waals surface area contributed by atoms with Gasteiger partial charge in [0.05, 0.1) is 6.42 Å². The molecule has 1 aromatic carbocycles. The quantitative estimate of drug-likeness (QED) is 0.442. The summed E-state index contributed by atoms with van der Waals surface area (Å²) >= 11 is 1.55. The van der Waals surface area contributed by atoms with Gasteiger partial charge in [-0.15, -0.1) is 11.3 Å². The lowest BCUT2D eigenvalue weighted by Crippen LogP contribution is -2.47. The van der Waals surface area contributed by atoms with E-state index in [4.69, 9.17) is 0 Å². The van der Waals surface area contributed by atoms with Crippen LogP contribution in [0.1, 0.15) is 62.4 Å². The largest absolute Gasteiger partial charge is 0.351 e. The fourth-order valence-corrected chi connectivity index (χ4v) is 4.98. The lowest BCUT2D eigenvalue weighted by Gasteiger charge is -2.34. The van der Waals surface area contributed by atoms with Crippen LogP contribution in [-0.4, -0.2) is 22.8 Å². The molecule has 174 valence electrons. The number of carbonyl (C=O) groups excluding carboxylic acids is 2. The molecule has 1 aliphatic carbocycles. The normalized spacial score (nSPS) is 15.9. The van der Waals surface area contributed by atoms with Crippen LogP contribution in [0.3, 0.4) is 0 Å². The summed E-state index contributed by atoms with van der Waals surface area (Å²) in [6.45, 7) is 7.82. The van der Waals surface area contributed by atoms with E-state index in [0.29, 0.717) is 5.70 Å². The third-order valence-corrected chi connectivity index (χ3v) is 6.63. The van der Waals surface area contributed by atoms with Gasteiger partial charge in [-0.05, 0) is 55.9 Å². The van der Waals surface area contributed by atoms with Crippen molar-refractivity contribution in [2.45, 2.75) is 64.5 Å². The molecular formula is C28H34N2O2S. The third kappa shape index (κ3) is 7.03. The maximum atomic E-state index is 13.8. The van der Waals surface area contributed by atoms with E-state index >= 15 is 0 Å². The van der Waals surface area contributed by atoms with Gasteiger partial charge in [0.15, 0.2) is 0 Å². The number of thiophene rings is 1. The lowest BCUT2D eigenvalue weighted by atomic mass is 9.94. The Labute approximate surface area is 201 Å². The number of rotatable bonds is 9. The van der Waals surface area contributed by atoms with Crippen LogP contribution >= 0.6 is 11.3 Å². The van der Waals surface area contributed by atoms with E-state index < -0.39 is 6.04 Å². The molecule has 1 heterocycles. The highest BCUT2D eigenvalue weighted by Gasteiger charge is 2.34. The smallest absolute Gasteiger partial charge is 0.248 e. The Bertz CT molecular complexity index is 986. The first kappa shape index (κ1) is 24.7. The topological polar surface area (TPSA) is 49.4 Å². The van der Waals surface area contributed by atoms with E-state index in [1.807, 2.05) is 79.9 Å². The number of benzene rings is 1. The van der Waals surface area contributed by atoms with Crippen molar-refractivity contribution >= 4 is 23.2 Å². The van der Waals surface area contributed by atoms with Gasteiger partial charge in [-0.25, -0.2) is 0 Å². The first-order chi connectivity index (χ1) is 16.0. The minimum absolute atomic E-state index is 0.115. The molecule has 1 unspecified atom stereocenters. The molecular weight excluding hydrogens is 428 g/mol. The van der Waals surface area contributed by atoms with Gasteiger partial charge in [0.1, 0.15) is 6.04 Å². The summed E-state index contributed by atoms with van der Waals surface area (Å²) in [5.41, 5.74) is 2.28. The van der Waals surface area contributed by atoms with Crippen molar-refractivity contribution in [3.05, 3.63) is 94.4 Å². The van der Waals surface area contributed by atoms with Crippen LogP contribution in [-0.2, 0) is 16.0 Å². The number of hydrogen-bond acceptors (Lipinski definition) is 3. The van der Waals surface area contributed by atoms with Crippen molar-refractivity contribution in [1.82, 2.24) is 10.2 Å². The molecule has 1 N–H and O–H groups in total. The Balaban J connectivity index is 2.05. The molecule has 0 aliphatic heterocycles. The van der Waals surface area contributed by atoms with E-state index in [1.54, 1.807) is 16.2 Å². The Kier molecular flexibility index (Phi) is 9.25. The maximum absolute atomic E-state index is 13.8. The molecule has 0 bridgehead atoms. The lowest BCUT2D eigenvalue weighted by molar-refractivity contribution is -0.138. The van der Waals surface area contributed by atoms with Crippen LogP contribution in [0.2, 0.25) is 0 Å². The van der Waals surface area contributed by atoms with Gasteiger partial charge in [-0.1, -0.05) is 73.9 Å². The zero-order valence-corrected chi connectivity index (χ0v) is 20.4. The Morgan fingerprint density at radius 3 is 2.48 bits per heavy atom. The van der Waals surface area contributed by atoms with E-state index in [0.717, 1.165) is 41.7 Å². The predicted molar refractivity (Wildman–Crippen MR) is 137 cm³/mol. The molecule has 0 radical (unpaired) electrons. The number of nitrogens with zero attached hydrogens (tertiary/aromatic N) is 1. The van der Waals surface area contributed by atoms with Gasteiger partial charge < -0.3 is 5.32 Å². The zero-order valence-electron chi connectivity index (χ0n) is 19.6. The average Bonchev–Trinajstić information content (AvgIpc) is 3.31. The van der Waals surface area contributed by atoms with E-state index in [-0.39, 0.29) is 24.3 Å². The maximum Gasteiger partial charge on any atom is 0.248 e. The van der Waals surface area contributed by atoms with Gasteiger partial charge in [0.25, 0.3) is 0 Å². The monoisotopic (exact) mass is 462 g/mol. The highest BCUT2D eigenvalue weighted by atomic mass is 32.1. The van der Waals surface area contributed by atoms with Gasteiger partial charge in [0.2, 0.25) is 11.8 Å². The molecule has 33 heavy (non-hydrogen) atoms. The molecule has 0 saturated heterocycles. The zero-order chi connectivity index (χ0) is 23.6. The molecule has 4 nitrogen and oxygen atoms in total. The van der Waals surface area contributed by atoms with Crippen molar-refractivity contribution in [3.8, 4) is 0 Å². The first-order valence-corrected chi connectivity index (χ1v) is 12.6. The standard InChI is InChI=1S/C28H34N2O2S/c1-4-12-24(19-21(2)3)30(26(31)20-25-17-11-18-33-25)27(22-13-7-5-8-14-22)28(32)29-23-15-9-6-10-16-23/h4-5,7-8,11-14,17-19,23,27H,2,6,9-10,15-16,20H2,1,3H3,(H,29,32). The summed E-state index contributed by atoms with van der Waals surface area (Å²) in [6.07, 6.45) is 11.3. The van der Waals surface area contributed by atoms with E-state index in [1.165, 1.54) is 6.42 Å². The number of amides is 2. The summed E-state index contributed by atoms with van der Waals surface area (Å²) in [7, 11) is 0. The van der Waals surface area contributed by atoms with Gasteiger partial charge in [0, 0.05) is 16.6 Å². The summed E-state index contributed by atoms with van der Waals surface area (Å²) in [5.74, 6) is -0.250. The molecule has 3 rings (SSSR count). The minimum Gasteiger partial charge on any atom is -0.351 e. The predicted octanol–water partition coefficient (Wildman–Crippen LogP) is 6.35. The fraction of sp³-hybridized carbons (Fsp3) is 0.357. The van der Waals surface area contributed by atoms with E-state index in [2.05, 4.69) is 11.9 Å². The van der Waals surface area contributed by atoms with Crippen LogP contribution in [0.15, 0.2) is 83.9 Å². The minimum atomic E-state index is -0.762. The van der Waals surface area contributed by atoms with Crippen molar-refractivity contribution in [2.24, 2.45) is 0 Å². The summed E-state index contributed by atoms with van der Waals surface area (Å²) < 4.78 is 0. The van der Waals surface area contributed by atoms with Crippen molar-refractivity contribution in [2.75, 3.05) is 0 Å². The third-order valence-electron chi connectivity index (χ3n) is 5.76. The Hall–Kier alpha value is -2.92. The van der Waals surface area contributed by atoms with Crippen molar-refractivity contribution < 1.29 is 9.59 Å². The Morgan fingerprint density at radius 1 is 1.15 bits per heavy atom. The molecule has 2 amide bonds. The van der Waals surface area contributed by atoms with Gasteiger partial charge in [-0.2, -0.15) is 0 Å². The molecule has 1 atom stereocenters. The van der Waals surface area contributed by atoms with Crippen LogP contribution in [0.5, 0.6) is 0 Å². The van der Waals surface area contributed by atoms with Crippen LogP contribution < -0.4 is 5.32 Å². The Morgan fingerprint density at radius 2 is 1.88 bits per heavy atom. The second-order valence-electron chi connectivity index (χ2n) is 8.59. The summed E-state index contributed by atoms with van der Waals surface area (Å²) in [5, 5.41) is 5.22. The summed E-state index contributed by atoms with van der Waals surface area (Å²) in [4.78, 5) is 30.2. The second kappa shape index (κ2) is 12.4. The fourth-order valence-electron chi connectivity index (χ4n) is 4.29. The highest BCUT2D eigenvalue weighted by Crippen LogP contribution is 2.29. The molecule has 1 aromatic heterocycles. The molecule has 2 aromatic rings. The SMILES string of the molecule is C=C(C)C=C(C=CC)N(C(=O)Cc1cccs1)C(C(=O)NC1CCCCC1)c1ccccc1. The summed E-state index contributed by atoms with van der Waals surface area (Å²) in [6, 6.07) is 12.9. The van der Waals surface area contributed by atoms with Crippen LogP contribution in [0.4, 0.5) is 0 Å². The highest BCUT2D eigenvalue weighted by molar-refractivity contribution is 7.10. The number of nitrogens with one attached hydrogen (secondary N) is 1. The van der Waals surface area contributed by atoms with Crippen LogP contribution in [0, 0.1) is 0 Å². The molecule has 1 saturated carbocycles. The van der Waals surface area contributed by atoms with Crippen LogP contribution in [0.25, 0.3) is 0 Å². The molecule has 5 heteroatoms. The van der Waals surface area contributed by atoms with Gasteiger partial charge >= 0.3 is 0 Å². The number of hydrogen-bond donors (Lipinski definition) is 1. The van der Waals surface area contributed by atoms with Crippen molar-refractivity contribution in [1.29, 1.82) is 0 Å². The molecule has 0 spiro atoms. The first-order valence-electron chi connectivity index (χ1n) is 11.7.